The molecule has 0 atom stereocenters. The first-order valence-electron chi connectivity index (χ1n) is 6.29. The highest BCUT2D eigenvalue weighted by atomic mass is 16.5. The second-order valence-corrected chi connectivity index (χ2v) is 4.76. The maximum Gasteiger partial charge on any atom is 0.339 e. The van der Waals surface area contributed by atoms with Crippen molar-refractivity contribution in [2.45, 2.75) is 0 Å². The Hall–Kier alpha value is -1.59. The Balaban J connectivity index is 2.39. The molecule has 0 aromatic heterocycles. The summed E-state index contributed by atoms with van der Waals surface area (Å²) < 4.78 is 5.54. The first-order chi connectivity index (χ1) is 9.00. The molecule has 0 unspecified atom stereocenters. The summed E-state index contributed by atoms with van der Waals surface area (Å²) in [7, 11) is 6.09. The Morgan fingerprint density at radius 2 is 1.84 bits per heavy atom. The second kappa shape index (κ2) is 7.76. The molecule has 106 valence electrons. The molecule has 0 saturated heterocycles. The molecular formula is C14H22N2O3. The van der Waals surface area contributed by atoms with Gasteiger partial charge in [-0.15, -0.1) is 0 Å². The molecule has 0 saturated carbocycles. The molecule has 1 aromatic carbocycles. The van der Waals surface area contributed by atoms with Gasteiger partial charge in [-0.3, -0.25) is 0 Å². The number of rotatable bonds is 8. The minimum absolute atomic E-state index is 0.207. The highest BCUT2D eigenvalue weighted by Gasteiger charge is 2.10. The number of carbonyl (C=O) groups is 1. The van der Waals surface area contributed by atoms with E-state index in [-0.39, 0.29) is 5.56 Å². The average Bonchev–Trinajstić information content (AvgIpc) is 2.36. The fraction of sp³-hybridized carbons (Fsp3) is 0.500. The lowest BCUT2D eigenvalue weighted by atomic mass is 10.2. The van der Waals surface area contributed by atoms with Crippen LogP contribution in [-0.4, -0.2) is 68.3 Å². The fourth-order valence-electron chi connectivity index (χ4n) is 1.56. The summed E-state index contributed by atoms with van der Waals surface area (Å²) in [6.45, 7) is 3.19. The normalized spacial score (nSPS) is 11.0. The number of ether oxygens (including phenoxy) is 1. The van der Waals surface area contributed by atoms with Gasteiger partial charge in [0.05, 0.1) is 0 Å². The van der Waals surface area contributed by atoms with Crippen LogP contribution in [0.1, 0.15) is 10.4 Å². The van der Waals surface area contributed by atoms with E-state index in [4.69, 9.17) is 9.84 Å². The molecule has 0 fully saturated rings. The lowest BCUT2D eigenvalue weighted by molar-refractivity contribution is 0.0691. The standard InChI is InChI=1S/C14H22N2O3/c1-15(2)8-9-16(3)10-11-19-13-7-5-4-6-12(13)14(17)18/h4-7H,8-11H2,1-3H3,(H,17,18). The maximum absolute atomic E-state index is 11.0. The smallest absolute Gasteiger partial charge is 0.339 e. The van der Waals surface area contributed by atoms with Gasteiger partial charge in [0.2, 0.25) is 0 Å². The molecule has 1 N–H and O–H groups in total. The minimum atomic E-state index is -0.962. The van der Waals surface area contributed by atoms with Crippen LogP contribution in [0.25, 0.3) is 0 Å². The first-order valence-corrected chi connectivity index (χ1v) is 6.29. The summed E-state index contributed by atoms with van der Waals surface area (Å²) >= 11 is 0. The van der Waals surface area contributed by atoms with Gasteiger partial charge < -0.3 is 19.6 Å². The van der Waals surface area contributed by atoms with E-state index in [2.05, 4.69) is 9.80 Å². The van der Waals surface area contributed by atoms with E-state index >= 15 is 0 Å². The summed E-state index contributed by atoms with van der Waals surface area (Å²) in [6.07, 6.45) is 0. The lowest BCUT2D eigenvalue weighted by Crippen LogP contribution is -2.31. The summed E-state index contributed by atoms with van der Waals surface area (Å²) in [6, 6.07) is 6.70. The van der Waals surface area contributed by atoms with Crippen LogP contribution in [0, 0.1) is 0 Å². The van der Waals surface area contributed by atoms with Crippen LogP contribution in [0.4, 0.5) is 0 Å². The summed E-state index contributed by atoms with van der Waals surface area (Å²) in [4.78, 5) is 15.3. The SMILES string of the molecule is CN(C)CCN(C)CCOc1ccccc1C(=O)O. The fourth-order valence-corrected chi connectivity index (χ4v) is 1.56. The van der Waals surface area contributed by atoms with Crippen molar-refractivity contribution >= 4 is 5.97 Å². The van der Waals surface area contributed by atoms with Gasteiger partial charge in [0.25, 0.3) is 0 Å². The Labute approximate surface area is 114 Å². The quantitative estimate of drug-likeness (QED) is 0.767. The highest BCUT2D eigenvalue weighted by molar-refractivity contribution is 5.90. The van der Waals surface area contributed by atoms with E-state index in [0.29, 0.717) is 12.4 Å². The van der Waals surface area contributed by atoms with Gasteiger partial charge in [-0.05, 0) is 33.3 Å². The van der Waals surface area contributed by atoms with E-state index in [1.807, 2.05) is 21.1 Å². The summed E-state index contributed by atoms with van der Waals surface area (Å²) in [5, 5.41) is 9.02. The van der Waals surface area contributed by atoms with Crippen LogP contribution in [0.3, 0.4) is 0 Å². The molecule has 1 rings (SSSR count). The minimum Gasteiger partial charge on any atom is -0.491 e. The molecule has 0 spiro atoms. The van der Waals surface area contributed by atoms with Crippen LogP contribution in [-0.2, 0) is 0 Å². The van der Waals surface area contributed by atoms with Gasteiger partial charge in [-0.1, -0.05) is 12.1 Å². The number of aromatic carboxylic acids is 1. The largest absolute Gasteiger partial charge is 0.491 e. The predicted octanol–water partition coefficient (Wildman–Crippen LogP) is 1.26. The average molecular weight is 266 g/mol. The van der Waals surface area contributed by atoms with E-state index < -0.39 is 5.97 Å². The molecule has 0 radical (unpaired) electrons. The third kappa shape index (κ3) is 5.72. The Kier molecular flexibility index (Phi) is 6.32. The lowest BCUT2D eigenvalue weighted by Gasteiger charge is -2.19. The van der Waals surface area contributed by atoms with Crippen LogP contribution in [0.5, 0.6) is 5.75 Å². The number of carboxylic acid groups (broad SMARTS) is 1. The van der Waals surface area contributed by atoms with Crippen molar-refractivity contribution in [1.82, 2.24) is 9.80 Å². The molecule has 0 aliphatic rings. The first kappa shape index (κ1) is 15.5. The number of carboxylic acids is 1. The zero-order valence-electron chi connectivity index (χ0n) is 11.8. The Bertz CT molecular complexity index is 407. The van der Waals surface area contributed by atoms with Crippen LogP contribution in [0.2, 0.25) is 0 Å². The number of para-hydroxylation sites is 1. The summed E-state index contributed by atoms with van der Waals surface area (Å²) in [5.41, 5.74) is 0.207. The monoisotopic (exact) mass is 266 g/mol. The molecular weight excluding hydrogens is 244 g/mol. The number of likely N-dealkylation sites (N-methyl/N-ethyl adjacent to an activating group) is 2. The third-order valence-electron chi connectivity index (χ3n) is 2.78. The predicted molar refractivity (Wildman–Crippen MR) is 74.9 cm³/mol. The number of hydrogen-bond acceptors (Lipinski definition) is 4. The van der Waals surface area contributed by atoms with Crippen molar-refractivity contribution < 1.29 is 14.6 Å². The molecule has 0 amide bonds. The van der Waals surface area contributed by atoms with Gasteiger partial charge in [-0.2, -0.15) is 0 Å². The van der Waals surface area contributed by atoms with Crippen molar-refractivity contribution in [2.75, 3.05) is 47.4 Å². The zero-order valence-corrected chi connectivity index (χ0v) is 11.8. The molecule has 0 aliphatic heterocycles. The maximum atomic E-state index is 11.0. The van der Waals surface area contributed by atoms with Crippen molar-refractivity contribution in [2.24, 2.45) is 0 Å². The van der Waals surface area contributed by atoms with E-state index in [9.17, 15) is 4.79 Å². The van der Waals surface area contributed by atoms with Crippen molar-refractivity contribution in [1.29, 1.82) is 0 Å². The highest BCUT2D eigenvalue weighted by Crippen LogP contribution is 2.17. The zero-order chi connectivity index (χ0) is 14.3. The van der Waals surface area contributed by atoms with Crippen LogP contribution < -0.4 is 4.74 Å². The van der Waals surface area contributed by atoms with E-state index in [1.54, 1.807) is 24.3 Å². The van der Waals surface area contributed by atoms with Crippen molar-refractivity contribution in [3.63, 3.8) is 0 Å². The van der Waals surface area contributed by atoms with Crippen LogP contribution >= 0.6 is 0 Å². The molecule has 0 bridgehead atoms. The summed E-state index contributed by atoms with van der Waals surface area (Å²) in [5.74, 6) is -0.535. The second-order valence-electron chi connectivity index (χ2n) is 4.76. The molecule has 1 aromatic rings. The Morgan fingerprint density at radius 3 is 2.47 bits per heavy atom. The van der Waals surface area contributed by atoms with Gasteiger partial charge in [-0.25, -0.2) is 4.79 Å². The van der Waals surface area contributed by atoms with Crippen molar-refractivity contribution in [3.05, 3.63) is 29.8 Å². The van der Waals surface area contributed by atoms with Gasteiger partial charge in [0.1, 0.15) is 17.9 Å². The molecule has 0 aliphatic carbocycles. The topological polar surface area (TPSA) is 53.0 Å². The van der Waals surface area contributed by atoms with E-state index in [1.165, 1.54) is 0 Å². The molecule has 5 heteroatoms. The molecule has 5 nitrogen and oxygen atoms in total. The molecule has 19 heavy (non-hydrogen) atoms. The van der Waals surface area contributed by atoms with Crippen LogP contribution in [0.15, 0.2) is 24.3 Å². The number of benzene rings is 1. The van der Waals surface area contributed by atoms with E-state index in [0.717, 1.165) is 19.6 Å². The van der Waals surface area contributed by atoms with Gasteiger partial charge in [0, 0.05) is 19.6 Å². The van der Waals surface area contributed by atoms with Gasteiger partial charge >= 0.3 is 5.97 Å². The van der Waals surface area contributed by atoms with Gasteiger partial charge in [0.15, 0.2) is 0 Å². The molecule has 0 heterocycles. The van der Waals surface area contributed by atoms with Crippen molar-refractivity contribution in [3.8, 4) is 5.75 Å². The number of hydrogen-bond donors (Lipinski definition) is 1. The third-order valence-corrected chi connectivity index (χ3v) is 2.78. The number of nitrogens with zero attached hydrogens (tertiary/aromatic N) is 2. The Morgan fingerprint density at radius 1 is 1.16 bits per heavy atom.